The van der Waals surface area contributed by atoms with Gasteiger partial charge in [0.05, 0.1) is 0 Å². The van der Waals surface area contributed by atoms with E-state index in [0.717, 1.165) is 12.1 Å². The number of benzene rings is 2. The molecule has 1 saturated heterocycles. The Hall–Kier alpha value is -3.15. The van der Waals surface area contributed by atoms with Gasteiger partial charge in [0, 0.05) is 24.2 Å². The number of nitrogens with zero attached hydrogens (tertiary/aromatic N) is 1. The molecule has 0 spiro atoms. The maximum atomic E-state index is 12.2. The number of anilines is 1. The van der Waals surface area contributed by atoms with Crippen molar-refractivity contribution < 1.29 is 23.9 Å². The zero-order valence-corrected chi connectivity index (χ0v) is 15.1. The van der Waals surface area contributed by atoms with Crippen LogP contribution in [0.4, 0.5) is 5.69 Å². The van der Waals surface area contributed by atoms with Gasteiger partial charge in [0.1, 0.15) is 5.75 Å². The van der Waals surface area contributed by atoms with Crippen LogP contribution in [0.1, 0.15) is 30.1 Å². The molecule has 140 valence electrons. The molecule has 0 bridgehead atoms. The molecule has 2 aromatic carbocycles. The van der Waals surface area contributed by atoms with Crippen molar-refractivity contribution in [3.05, 3.63) is 60.2 Å². The van der Waals surface area contributed by atoms with Crippen molar-refractivity contribution in [3.8, 4) is 5.75 Å². The van der Waals surface area contributed by atoms with Crippen LogP contribution < -0.4 is 9.64 Å². The molecule has 0 N–H and O–H groups in total. The first-order chi connectivity index (χ1) is 13.0. The van der Waals surface area contributed by atoms with E-state index >= 15 is 0 Å². The van der Waals surface area contributed by atoms with Gasteiger partial charge in [-0.3, -0.25) is 9.59 Å². The molecule has 1 aliphatic heterocycles. The lowest BCUT2D eigenvalue weighted by Gasteiger charge is -2.16. The van der Waals surface area contributed by atoms with E-state index in [0.29, 0.717) is 24.3 Å². The van der Waals surface area contributed by atoms with E-state index in [2.05, 4.69) is 0 Å². The number of hydrogen-bond donors (Lipinski definition) is 0. The highest BCUT2D eigenvalue weighted by molar-refractivity contribution is 5.99. The fraction of sp³-hybridized carbons (Fsp3) is 0.286. The molecule has 2 aromatic rings. The van der Waals surface area contributed by atoms with Crippen LogP contribution in [0.15, 0.2) is 54.6 Å². The number of ketones is 1. The Morgan fingerprint density at radius 2 is 1.78 bits per heavy atom. The highest BCUT2D eigenvalue weighted by Crippen LogP contribution is 2.21. The third kappa shape index (κ3) is 4.73. The van der Waals surface area contributed by atoms with Crippen LogP contribution in [-0.4, -0.2) is 36.9 Å². The summed E-state index contributed by atoms with van der Waals surface area (Å²) in [5.74, 6) is -0.267. The van der Waals surface area contributed by atoms with Crippen molar-refractivity contribution in [3.63, 3.8) is 0 Å². The number of esters is 1. The van der Waals surface area contributed by atoms with E-state index in [-0.39, 0.29) is 18.3 Å². The number of ether oxygens (including phenoxy) is 2. The second-order valence-corrected chi connectivity index (χ2v) is 6.30. The van der Waals surface area contributed by atoms with E-state index in [9.17, 15) is 14.4 Å². The van der Waals surface area contributed by atoms with Crippen LogP contribution in [0.2, 0.25) is 0 Å². The van der Waals surface area contributed by atoms with E-state index in [4.69, 9.17) is 9.47 Å². The maximum Gasteiger partial charge on any atom is 0.347 e. The lowest BCUT2D eigenvalue weighted by molar-refractivity contribution is -0.149. The normalized spacial score (nSPS) is 14.7. The summed E-state index contributed by atoms with van der Waals surface area (Å²) in [4.78, 5) is 37.7. The second kappa shape index (κ2) is 8.49. The first-order valence-electron chi connectivity index (χ1n) is 8.86. The van der Waals surface area contributed by atoms with Crippen LogP contribution in [0.25, 0.3) is 0 Å². The van der Waals surface area contributed by atoms with Gasteiger partial charge in [0.15, 0.2) is 18.5 Å². The van der Waals surface area contributed by atoms with Crippen LogP contribution in [0, 0.1) is 0 Å². The fourth-order valence-corrected chi connectivity index (χ4v) is 2.84. The molecule has 0 unspecified atom stereocenters. The molecule has 0 radical (unpaired) electrons. The summed E-state index contributed by atoms with van der Waals surface area (Å²) in [7, 11) is 0. The van der Waals surface area contributed by atoms with Gasteiger partial charge in [-0.25, -0.2) is 4.79 Å². The molecule has 27 heavy (non-hydrogen) atoms. The van der Waals surface area contributed by atoms with Crippen molar-refractivity contribution in [2.45, 2.75) is 25.9 Å². The number of rotatable bonds is 7. The zero-order chi connectivity index (χ0) is 19.2. The van der Waals surface area contributed by atoms with Crippen molar-refractivity contribution in [1.82, 2.24) is 0 Å². The summed E-state index contributed by atoms with van der Waals surface area (Å²) >= 11 is 0. The summed E-state index contributed by atoms with van der Waals surface area (Å²) < 4.78 is 10.5. The monoisotopic (exact) mass is 367 g/mol. The van der Waals surface area contributed by atoms with Crippen molar-refractivity contribution in [1.29, 1.82) is 0 Å². The highest BCUT2D eigenvalue weighted by atomic mass is 16.6. The standard InChI is InChI=1S/C21H21NO5/c1-15(27-18-6-3-2-4-7-18)21(25)26-14-19(23)16-9-11-17(12-10-16)22-13-5-8-20(22)24/h2-4,6-7,9-12,15H,5,8,13-14H2,1H3/t15-/m0/s1. The molecule has 0 aliphatic carbocycles. The van der Waals surface area contributed by atoms with Crippen LogP contribution >= 0.6 is 0 Å². The van der Waals surface area contributed by atoms with Gasteiger partial charge >= 0.3 is 5.97 Å². The van der Waals surface area contributed by atoms with Crippen LogP contribution in [0.5, 0.6) is 5.75 Å². The molecule has 3 rings (SSSR count). The largest absolute Gasteiger partial charge is 0.479 e. The molecule has 6 heteroatoms. The van der Waals surface area contributed by atoms with Crippen LogP contribution in [-0.2, 0) is 14.3 Å². The van der Waals surface area contributed by atoms with Gasteiger partial charge in [0.25, 0.3) is 0 Å². The Kier molecular flexibility index (Phi) is 5.86. The number of para-hydroxylation sites is 1. The lowest BCUT2D eigenvalue weighted by Crippen LogP contribution is -2.28. The molecule has 0 aromatic heterocycles. The minimum Gasteiger partial charge on any atom is -0.479 e. The molecule has 1 aliphatic rings. The van der Waals surface area contributed by atoms with E-state index < -0.39 is 12.1 Å². The summed E-state index contributed by atoms with van der Waals surface area (Å²) in [6.45, 7) is 1.91. The number of carbonyl (C=O) groups excluding carboxylic acids is 3. The van der Waals surface area contributed by atoms with Crippen LogP contribution in [0.3, 0.4) is 0 Å². The minimum atomic E-state index is -0.816. The summed E-state index contributed by atoms with van der Waals surface area (Å²) in [5.41, 5.74) is 1.20. The number of hydrogen-bond acceptors (Lipinski definition) is 5. The van der Waals surface area contributed by atoms with Gasteiger partial charge in [-0.15, -0.1) is 0 Å². The first-order valence-corrected chi connectivity index (χ1v) is 8.86. The number of carbonyl (C=O) groups is 3. The quantitative estimate of drug-likeness (QED) is 0.556. The summed E-state index contributed by atoms with van der Waals surface area (Å²) in [6, 6.07) is 15.7. The van der Waals surface area contributed by atoms with E-state index in [1.807, 2.05) is 6.07 Å². The minimum absolute atomic E-state index is 0.0930. The Morgan fingerprint density at radius 3 is 2.41 bits per heavy atom. The SMILES string of the molecule is C[C@H](Oc1ccccc1)C(=O)OCC(=O)c1ccc(N2CCCC2=O)cc1. The average molecular weight is 367 g/mol. The van der Waals surface area contributed by atoms with Crippen molar-refractivity contribution >= 4 is 23.3 Å². The van der Waals surface area contributed by atoms with Gasteiger partial charge in [-0.1, -0.05) is 18.2 Å². The molecule has 1 fully saturated rings. The van der Waals surface area contributed by atoms with Gasteiger partial charge in [0.2, 0.25) is 5.91 Å². The predicted molar refractivity (Wildman–Crippen MR) is 99.9 cm³/mol. The van der Waals surface area contributed by atoms with Crippen molar-refractivity contribution in [2.75, 3.05) is 18.1 Å². The smallest absolute Gasteiger partial charge is 0.347 e. The number of amides is 1. The zero-order valence-electron chi connectivity index (χ0n) is 15.1. The highest BCUT2D eigenvalue weighted by Gasteiger charge is 2.22. The van der Waals surface area contributed by atoms with Gasteiger partial charge in [-0.05, 0) is 49.7 Å². The Labute approximate surface area is 157 Å². The molecule has 1 heterocycles. The molecule has 6 nitrogen and oxygen atoms in total. The average Bonchev–Trinajstić information content (AvgIpc) is 3.12. The lowest BCUT2D eigenvalue weighted by atomic mass is 10.1. The van der Waals surface area contributed by atoms with Gasteiger partial charge < -0.3 is 14.4 Å². The maximum absolute atomic E-state index is 12.2. The molecule has 1 atom stereocenters. The third-order valence-corrected chi connectivity index (χ3v) is 4.31. The Bertz CT molecular complexity index is 816. The van der Waals surface area contributed by atoms with Crippen molar-refractivity contribution in [2.24, 2.45) is 0 Å². The Morgan fingerprint density at radius 1 is 1.07 bits per heavy atom. The topological polar surface area (TPSA) is 72.9 Å². The first kappa shape index (κ1) is 18.6. The second-order valence-electron chi connectivity index (χ2n) is 6.30. The summed E-state index contributed by atoms with van der Waals surface area (Å²) in [6.07, 6.45) is 0.585. The summed E-state index contributed by atoms with van der Waals surface area (Å²) in [5, 5.41) is 0. The predicted octanol–water partition coefficient (Wildman–Crippen LogP) is 3.01. The van der Waals surface area contributed by atoms with E-state index in [1.54, 1.807) is 60.4 Å². The molecular weight excluding hydrogens is 346 g/mol. The third-order valence-electron chi connectivity index (χ3n) is 4.31. The van der Waals surface area contributed by atoms with E-state index in [1.165, 1.54) is 0 Å². The fourth-order valence-electron chi connectivity index (χ4n) is 2.84. The molecule has 1 amide bonds. The molecule has 0 saturated carbocycles. The Balaban J connectivity index is 1.51. The molecular formula is C21H21NO5. The van der Waals surface area contributed by atoms with Gasteiger partial charge in [-0.2, -0.15) is 0 Å². The number of Topliss-reactive ketones (excluding diaryl/α,β-unsaturated/α-hetero) is 1.